The number of rotatable bonds is 0. The van der Waals surface area contributed by atoms with Gasteiger partial charge in [-0.05, 0) is 11.8 Å². The van der Waals surface area contributed by atoms with Crippen LogP contribution in [0.5, 0.6) is 0 Å². The summed E-state index contributed by atoms with van der Waals surface area (Å²) in [6.45, 7) is 4.08. The highest BCUT2D eigenvalue weighted by atomic mass is 16.1. The number of hydrogen-bond donors (Lipinski definition) is 1. The Hall–Kier alpha value is -0.660. The van der Waals surface area contributed by atoms with Gasteiger partial charge in [-0.1, -0.05) is 13.8 Å². The van der Waals surface area contributed by atoms with Crippen LogP contribution < -0.4 is 0 Å². The van der Waals surface area contributed by atoms with E-state index in [1.165, 1.54) is 0 Å². The number of carbonyl (C=O) groups excluding carboxylic acids is 1. The molecule has 0 aliphatic heterocycles. The number of Topliss-reactive ketones (excluding diaryl/α,β-unsaturated/α-hetero) is 1. The molecule has 1 aliphatic rings. The molecule has 2 heteroatoms. The summed E-state index contributed by atoms with van der Waals surface area (Å²) in [5.74, 6) is 0.223. The zero-order chi connectivity index (χ0) is 7.78. The lowest BCUT2D eigenvalue weighted by atomic mass is 9.76. The van der Waals surface area contributed by atoms with Gasteiger partial charge in [0.25, 0.3) is 0 Å². The van der Waals surface area contributed by atoms with Gasteiger partial charge >= 0.3 is 0 Å². The minimum absolute atomic E-state index is 0.0480. The van der Waals surface area contributed by atoms with E-state index < -0.39 is 0 Å². The van der Waals surface area contributed by atoms with E-state index in [0.29, 0.717) is 18.6 Å². The molecule has 0 saturated heterocycles. The van der Waals surface area contributed by atoms with Crippen molar-refractivity contribution in [2.24, 2.45) is 5.41 Å². The van der Waals surface area contributed by atoms with Crippen LogP contribution in [0.25, 0.3) is 0 Å². The van der Waals surface area contributed by atoms with Crippen LogP contribution >= 0.6 is 0 Å². The molecule has 0 aromatic rings. The topological polar surface area (TPSA) is 40.9 Å². The van der Waals surface area contributed by atoms with E-state index in [1.54, 1.807) is 0 Å². The SMILES string of the molecule is CC1(C)CC(=N)CC(=O)C1. The molecule has 0 bridgehead atoms. The first kappa shape index (κ1) is 7.45. The summed E-state index contributed by atoms with van der Waals surface area (Å²) in [5.41, 5.74) is 0.646. The highest BCUT2D eigenvalue weighted by Gasteiger charge is 2.29. The summed E-state index contributed by atoms with van der Waals surface area (Å²) in [6, 6.07) is 0. The zero-order valence-corrected chi connectivity index (χ0v) is 6.53. The van der Waals surface area contributed by atoms with Gasteiger partial charge in [0, 0.05) is 18.6 Å². The fourth-order valence-corrected chi connectivity index (χ4v) is 1.54. The number of carbonyl (C=O) groups is 1. The first-order chi connectivity index (χ1) is 4.49. The maximum Gasteiger partial charge on any atom is 0.139 e. The van der Waals surface area contributed by atoms with Gasteiger partial charge in [0.2, 0.25) is 0 Å². The van der Waals surface area contributed by atoms with Gasteiger partial charge in [0.15, 0.2) is 0 Å². The van der Waals surface area contributed by atoms with Crippen LogP contribution in [0.3, 0.4) is 0 Å². The first-order valence-electron chi connectivity index (χ1n) is 3.58. The van der Waals surface area contributed by atoms with Crippen LogP contribution in [0.15, 0.2) is 0 Å². The standard InChI is InChI=1S/C8H13NO/c1-8(2)4-6(9)3-7(10)5-8/h9H,3-5H2,1-2H3. The fraction of sp³-hybridized carbons (Fsp3) is 0.750. The van der Waals surface area contributed by atoms with E-state index in [4.69, 9.17) is 5.41 Å². The third-order valence-corrected chi connectivity index (χ3v) is 1.78. The molecule has 0 aromatic carbocycles. The van der Waals surface area contributed by atoms with Crippen molar-refractivity contribution in [3.8, 4) is 0 Å². The van der Waals surface area contributed by atoms with Crippen molar-refractivity contribution in [2.45, 2.75) is 33.1 Å². The van der Waals surface area contributed by atoms with E-state index in [9.17, 15) is 4.79 Å². The Labute approximate surface area is 61.1 Å². The summed E-state index contributed by atoms with van der Waals surface area (Å²) < 4.78 is 0. The Bertz CT molecular complexity index is 164. The molecule has 2 nitrogen and oxygen atoms in total. The highest BCUT2D eigenvalue weighted by molar-refractivity contribution is 6.03. The fourth-order valence-electron chi connectivity index (χ4n) is 1.54. The quantitative estimate of drug-likeness (QED) is 0.546. The number of nitrogens with one attached hydrogen (secondary N) is 1. The summed E-state index contributed by atoms with van der Waals surface area (Å²) in [6.07, 6.45) is 1.83. The average Bonchev–Trinajstić information content (AvgIpc) is 1.54. The third kappa shape index (κ3) is 1.66. The molecule has 0 heterocycles. The maximum atomic E-state index is 10.9. The molecule has 0 radical (unpaired) electrons. The lowest BCUT2D eigenvalue weighted by Gasteiger charge is -2.28. The predicted molar refractivity (Wildman–Crippen MR) is 40.4 cm³/mol. The molecule has 10 heavy (non-hydrogen) atoms. The van der Waals surface area contributed by atoms with Crippen molar-refractivity contribution < 1.29 is 4.79 Å². The van der Waals surface area contributed by atoms with Gasteiger partial charge in [0.1, 0.15) is 5.78 Å². The van der Waals surface area contributed by atoms with E-state index in [2.05, 4.69) is 0 Å². The molecule has 0 aromatic heterocycles. The maximum absolute atomic E-state index is 10.9. The Morgan fingerprint density at radius 3 is 2.40 bits per heavy atom. The Kier molecular flexibility index (Phi) is 1.63. The van der Waals surface area contributed by atoms with Crippen molar-refractivity contribution in [3.63, 3.8) is 0 Å². The molecule has 1 fully saturated rings. The van der Waals surface area contributed by atoms with E-state index in [-0.39, 0.29) is 11.2 Å². The second-order valence-electron chi connectivity index (χ2n) is 3.84. The van der Waals surface area contributed by atoms with Crippen LogP contribution in [-0.2, 0) is 4.79 Å². The van der Waals surface area contributed by atoms with Crippen molar-refractivity contribution in [1.29, 1.82) is 5.41 Å². The third-order valence-electron chi connectivity index (χ3n) is 1.78. The summed E-state index contributed by atoms with van der Waals surface area (Å²) in [7, 11) is 0. The summed E-state index contributed by atoms with van der Waals surface area (Å²) in [4.78, 5) is 10.9. The minimum Gasteiger partial charge on any atom is -0.309 e. The Morgan fingerprint density at radius 1 is 1.40 bits per heavy atom. The van der Waals surface area contributed by atoms with Crippen LogP contribution in [-0.4, -0.2) is 11.5 Å². The van der Waals surface area contributed by atoms with Crippen LogP contribution in [0.2, 0.25) is 0 Å². The molecule has 1 aliphatic carbocycles. The van der Waals surface area contributed by atoms with E-state index in [1.807, 2.05) is 13.8 Å². The monoisotopic (exact) mass is 139 g/mol. The van der Waals surface area contributed by atoms with Gasteiger partial charge in [-0.25, -0.2) is 0 Å². The normalized spacial score (nSPS) is 25.0. The van der Waals surface area contributed by atoms with Crippen LogP contribution in [0, 0.1) is 10.8 Å². The van der Waals surface area contributed by atoms with Crippen molar-refractivity contribution >= 4 is 11.5 Å². The molecule has 0 unspecified atom stereocenters. The molecule has 56 valence electrons. The second-order valence-corrected chi connectivity index (χ2v) is 3.84. The van der Waals surface area contributed by atoms with Gasteiger partial charge in [0.05, 0.1) is 0 Å². The lowest BCUT2D eigenvalue weighted by Crippen LogP contribution is -2.28. The molecule has 1 saturated carbocycles. The van der Waals surface area contributed by atoms with Crippen LogP contribution in [0.4, 0.5) is 0 Å². The zero-order valence-electron chi connectivity index (χ0n) is 6.53. The van der Waals surface area contributed by atoms with Gasteiger partial charge in [-0.15, -0.1) is 0 Å². The Balaban J connectivity index is 2.68. The number of hydrogen-bond acceptors (Lipinski definition) is 2. The molecule has 0 amide bonds. The second kappa shape index (κ2) is 2.19. The van der Waals surface area contributed by atoms with E-state index >= 15 is 0 Å². The molecular weight excluding hydrogens is 126 g/mol. The van der Waals surface area contributed by atoms with Gasteiger partial charge < -0.3 is 5.41 Å². The molecule has 1 N–H and O–H groups in total. The smallest absolute Gasteiger partial charge is 0.139 e. The van der Waals surface area contributed by atoms with Crippen molar-refractivity contribution in [3.05, 3.63) is 0 Å². The first-order valence-corrected chi connectivity index (χ1v) is 3.58. The largest absolute Gasteiger partial charge is 0.309 e. The van der Waals surface area contributed by atoms with Gasteiger partial charge in [-0.3, -0.25) is 4.79 Å². The summed E-state index contributed by atoms with van der Waals surface area (Å²) >= 11 is 0. The predicted octanol–water partition coefficient (Wildman–Crippen LogP) is 1.79. The minimum atomic E-state index is 0.0480. The molecule has 0 spiro atoms. The van der Waals surface area contributed by atoms with Crippen LogP contribution in [0.1, 0.15) is 33.1 Å². The molecular formula is C8H13NO. The lowest BCUT2D eigenvalue weighted by molar-refractivity contribution is -0.120. The van der Waals surface area contributed by atoms with Crippen molar-refractivity contribution in [1.82, 2.24) is 0 Å². The highest BCUT2D eigenvalue weighted by Crippen LogP contribution is 2.30. The number of ketones is 1. The summed E-state index contributed by atoms with van der Waals surface area (Å²) in [5, 5.41) is 7.35. The van der Waals surface area contributed by atoms with Crippen molar-refractivity contribution in [2.75, 3.05) is 0 Å². The molecule has 1 rings (SSSR count). The Morgan fingerprint density at radius 2 is 2.00 bits per heavy atom. The van der Waals surface area contributed by atoms with Gasteiger partial charge in [-0.2, -0.15) is 0 Å². The molecule has 0 atom stereocenters. The average molecular weight is 139 g/mol. The van der Waals surface area contributed by atoms with E-state index in [0.717, 1.165) is 6.42 Å².